The molecule has 0 spiro atoms. The molecule has 0 bridgehead atoms. The number of carbonyl (C=O) groups excluding carboxylic acids is 1. The summed E-state index contributed by atoms with van der Waals surface area (Å²) in [7, 11) is -3.64. The molecule has 1 aromatic carbocycles. The normalized spacial score (nSPS) is 21.4. The fourth-order valence-electron chi connectivity index (χ4n) is 3.50. The third-order valence-electron chi connectivity index (χ3n) is 4.91. The van der Waals surface area contributed by atoms with Crippen molar-refractivity contribution >= 4 is 27.0 Å². The molecule has 1 saturated heterocycles. The Morgan fingerprint density at radius 1 is 1.42 bits per heavy atom. The molecule has 1 aliphatic heterocycles. The van der Waals surface area contributed by atoms with Crippen LogP contribution in [-0.2, 0) is 14.8 Å². The van der Waals surface area contributed by atoms with Gasteiger partial charge in [-0.25, -0.2) is 13.2 Å². The minimum atomic E-state index is -3.64. The van der Waals surface area contributed by atoms with E-state index >= 15 is 0 Å². The Bertz CT molecular complexity index is 934. The summed E-state index contributed by atoms with van der Waals surface area (Å²) in [6, 6.07) is 4.57. The van der Waals surface area contributed by atoms with Crippen molar-refractivity contribution in [2.24, 2.45) is 11.7 Å². The van der Waals surface area contributed by atoms with Gasteiger partial charge in [-0.2, -0.15) is 4.31 Å². The van der Waals surface area contributed by atoms with Gasteiger partial charge in [0.1, 0.15) is 5.58 Å². The minimum Gasteiger partial charge on any atom is -0.460 e. The smallest absolute Gasteiger partial charge is 0.374 e. The highest BCUT2D eigenvalue weighted by molar-refractivity contribution is 7.89. The number of furan rings is 1. The molecule has 1 aliphatic rings. The van der Waals surface area contributed by atoms with Gasteiger partial charge in [-0.1, -0.05) is 0 Å². The Hall–Kier alpha value is -1.90. The maximum absolute atomic E-state index is 13.1. The third kappa shape index (κ3) is 3.13. The van der Waals surface area contributed by atoms with Crippen LogP contribution in [-0.4, -0.2) is 44.4 Å². The summed E-state index contributed by atoms with van der Waals surface area (Å²) in [5, 5.41) is 0.594. The van der Waals surface area contributed by atoms with Crippen molar-refractivity contribution in [1.82, 2.24) is 4.31 Å². The molecule has 8 heteroatoms. The number of hydrogen-bond donors (Lipinski definition) is 1. The van der Waals surface area contributed by atoms with Gasteiger partial charge in [-0.3, -0.25) is 0 Å². The molecule has 7 nitrogen and oxygen atoms in total. The zero-order valence-corrected chi connectivity index (χ0v) is 16.0. The predicted molar refractivity (Wildman–Crippen MR) is 97.4 cm³/mol. The van der Waals surface area contributed by atoms with E-state index in [1.165, 1.54) is 10.4 Å². The monoisotopic (exact) mass is 380 g/mol. The first kappa shape index (κ1) is 18.9. The molecular formula is C18H24N2O5S. The molecule has 0 amide bonds. The van der Waals surface area contributed by atoms with Gasteiger partial charge in [0.15, 0.2) is 0 Å². The van der Waals surface area contributed by atoms with Gasteiger partial charge in [0.25, 0.3) is 0 Å². The van der Waals surface area contributed by atoms with Crippen LogP contribution in [0.25, 0.3) is 11.0 Å². The zero-order chi connectivity index (χ0) is 19.1. The van der Waals surface area contributed by atoms with E-state index in [0.29, 0.717) is 29.6 Å². The summed E-state index contributed by atoms with van der Waals surface area (Å²) in [6.07, 6.45) is 0.760. The van der Waals surface area contributed by atoms with Gasteiger partial charge < -0.3 is 14.9 Å². The maximum Gasteiger partial charge on any atom is 0.374 e. The van der Waals surface area contributed by atoms with Crippen molar-refractivity contribution < 1.29 is 22.4 Å². The Balaban J connectivity index is 2.01. The second-order valence-electron chi connectivity index (χ2n) is 6.70. The minimum absolute atomic E-state index is 0.0928. The van der Waals surface area contributed by atoms with Crippen molar-refractivity contribution in [3.63, 3.8) is 0 Å². The highest BCUT2D eigenvalue weighted by Crippen LogP contribution is 2.32. The number of esters is 1. The Morgan fingerprint density at radius 3 is 2.77 bits per heavy atom. The molecule has 2 aromatic rings. The second-order valence-corrected chi connectivity index (χ2v) is 8.59. The fraction of sp³-hybridized carbons (Fsp3) is 0.500. The van der Waals surface area contributed by atoms with Crippen LogP contribution in [0.15, 0.2) is 27.5 Å². The lowest BCUT2D eigenvalue weighted by atomic mass is 10.1. The number of carbonyl (C=O) groups is 1. The lowest BCUT2D eigenvalue weighted by Gasteiger charge is -2.21. The molecular weight excluding hydrogens is 356 g/mol. The van der Waals surface area contributed by atoms with Crippen molar-refractivity contribution in [3.8, 4) is 0 Å². The summed E-state index contributed by atoms with van der Waals surface area (Å²) < 4.78 is 38.2. The number of rotatable bonds is 5. The van der Waals surface area contributed by atoms with E-state index in [2.05, 4.69) is 0 Å². The molecule has 2 unspecified atom stereocenters. The summed E-state index contributed by atoms with van der Waals surface area (Å²) >= 11 is 0. The number of aryl methyl sites for hydroxylation is 1. The molecule has 0 saturated carbocycles. The molecule has 142 valence electrons. The molecule has 0 aliphatic carbocycles. The van der Waals surface area contributed by atoms with Crippen LogP contribution in [0.2, 0.25) is 0 Å². The van der Waals surface area contributed by atoms with Crippen molar-refractivity contribution in [1.29, 1.82) is 0 Å². The summed E-state index contributed by atoms with van der Waals surface area (Å²) in [5.74, 6) is -0.270. The van der Waals surface area contributed by atoms with Gasteiger partial charge in [0, 0.05) is 23.5 Å². The highest BCUT2D eigenvalue weighted by Gasteiger charge is 2.37. The SMILES string of the molecule is CCOC(=O)c1oc2ccc(S(=O)(=O)N3CC(CN)CC3C)cc2c1C. The van der Waals surface area contributed by atoms with E-state index in [9.17, 15) is 13.2 Å². The average molecular weight is 380 g/mol. The standard InChI is InChI=1S/C18H24N2O5S/c1-4-24-18(21)17-12(3)15-8-14(5-6-16(15)25-17)26(22,23)20-10-13(9-19)7-11(20)2/h5-6,8,11,13H,4,7,9-10,19H2,1-3H3. The van der Waals surface area contributed by atoms with Crippen LogP contribution in [0, 0.1) is 12.8 Å². The van der Waals surface area contributed by atoms with Crippen LogP contribution < -0.4 is 5.73 Å². The molecule has 2 N–H and O–H groups in total. The summed E-state index contributed by atoms with van der Waals surface area (Å²) in [6.45, 7) is 6.47. The molecule has 3 rings (SSSR count). The second kappa shape index (κ2) is 7.02. The number of benzene rings is 1. The first-order valence-electron chi connectivity index (χ1n) is 8.71. The van der Waals surface area contributed by atoms with Crippen LogP contribution in [0.1, 0.15) is 36.4 Å². The van der Waals surface area contributed by atoms with Crippen molar-refractivity contribution in [2.45, 2.75) is 38.1 Å². The van der Waals surface area contributed by atoms with Gasteiger partial charge >= 0.3 is 5.97 Å². The van der Waals surface area contributed by atoms with E-state index in [-0.39, 0.29) is 29.2 Å². The lowest BCUT2D eigenvalue weighted by Crippen LogP contribution is -2.34. The highest BCUT2D eigenvalue weighted by atomic mass is 32.2. The number of nitrogens with zero attached hydrogens (tertiary/aromatic N) is 1. The first-order chi connectivity index (χ1) is 12.3. The summed E-state index contributed by atoms with van der Waals surface area (Å²) in [4.78, 5) is 12.2. The molecule has 1 aromatic heterocycles. The first-order valence-corrected chi connectivity index (χ1v) is 10.2. The van der Waals surface area contributed by atoms with Crippen LogP contribution >= 0.6 is 0 Å². The van der Waals surface area contributed by atoms with Gasteiger partial charge in [-0.15, -0.1) is 0 Å². The number of sulfonamides is 1. The van der Waals surface area contributed by atoms with E-state index in [1.54, 1.807) is 26.0 Å². The number of nitrogens with two attached hydrogens (primary N) is 1. The zero-order valence-electron chi connectivity index (χ0n) is 15.2. The van der Waals surface area contributed by atoms with Gasteiger partial charge in [0.2, 0.25) is 15.8 Å². The number of fused-ring (bicyclic) bond motifs is 1. The van der Waals surface area contributed by atoms with E-state index in [4.69, 9.17) is 14.9 Å². The Labute approximate surface area is 153 Å². The topological polar surface area (TPSA) is 103 Å². The molecule has 2 atom stereocenters. The lowest BCUT2D eigenvalue weighted by molar-refractivity contribution is 0.0491. The fourth-order valence-corrected chi connectivity index (χ4v) is 5.25. The van der Waals surface area contributed by atoms with Crippen molar-refractivity contribution in [3.05, 3.63) is 29.5 Å². The predicted octanol–water partition coefficient (Wildman–Crippen LogP) is 2.28. The summed E-state index contributed by atoms with van der Waals surface area (Å²) in [5.41, 5.74) is 6.74. The maximum atomic E-state index is 13.1. The Kier molecular flexibility index (Phi) is 5.09. The molecule has 1 fully saturated rings. The van der Waals surface area contributed by atoms with Crippen LogP contribution in [0.4, 0.5) is 0 Å². The van der Waals surface area contributed by atoms with E-state index in [1.807, 2.05) is 6.92 Å². The van der Waals surface area contributed by atoms with Crippen LogP contribution in [0.3, 0.4) is 0 Å². The molecule has 26 heavy (non-hydrogen) atoms. The molecule has 2 heterocycles. The number of hydrogen-bond acceptors (Lipinski definition) is 6. The largest absolute Gasteiger partial charge is 0.460 e. The molecule has 0 radical (unpaired) electrons. The van der Waals surface area contributed by atoms with Crippen molar-refractivity contribution in [2.75, 3.05) is 19.7 Å². The number of ether oxygens (including phenoxy) is 1. The van der Waals surface area contributed by atoms with E-state index in [0.717, 1.165) is 6.42 Å². The quantitative estimate of drug-likeness (QED) is 0.798. The van der Waals surface area contributed by atoms with Gasteiger partial charge in [-0.05, 0) is 57.9 Å². The van der Waals surface area contributed by atoms with E-state index < -0.39 is 16.0 Å². The average Bonchev–Trinajstić information content (AvgIpc) is 3.15. The third-order valence-corrected chi connectivity index (χ3v) is 6.89. The van der Waals surface area contributed by atoms with Gasteiger partial charge in [0.05, 0.1) is 11.5 Å². The van der Waals surface area contributed by atoms with Crippen LogP contribution in [0.5, 0.6) is 0 Å². The Morgan fingerprint density at radius 2 is 2.15 bits per heavy atom.